The number of nitrogens with two attached hydrogens (primary N) is 1. The molecule has 0 aliphatic carbocycles. The second-order valence-electron chi connectivity index (χ2n) is 5.08. The Kier molecular flexibility index (Phi) is 4.11. The number of benzene rings is 1. The van der Waals surface area contributed by atoms with Crippen LogP contribution in [0.15, 0.2) is 36.7 Å². The molecule has 114 valence electrons. The van der Waals surface area contributed by atoms with Gasteiger partial charge in [0.2, 0.25) is 0 Å². The highest BCUT2D eigenvalue weighted by atomic mass is 35.5. The molecule has 22 heavy (non-hydrogen) atoms. The molecule has 2 N–H and O–H groups in total. The van der Waals surface area contributed by atoms with Crippen molar-refractivity contribution in [2.75, 3.05) is 36.0 Å². The van der Waals surface area contributed by atoms with Crippen molar-refractivity contribution in [1.29, 1.82) is 0 Å². The van der Waals surface area contributed by atoms with Gasteiger partial charge in [0.05, 0.1) is 12.4 Å². The zero-order valence-corrected chi connectivity index (χ0v) is 12.7. The van der Waals surface area contributed by atoms with Gasteiger partial charge < -0.3 is 15.5 Å². The van der Waals surface area contributed by atoms with Gasteiger partial charge in [-0.3, -0.25) is 9.78 Å². The van der Waals surface area contributed by atoms with E-state index < -0.39 is 5.91 Å². The maximum Gasteiger partial charge on any atom is 0.268 e. The number of carbonyl (C=O) groups excluding carboxylic acids is 1. The largest absolute Gasteiger partial charge is 0.368 e. The second-order valence-corrected chi connectivity index (χ2v) is 5.51. The van der Waals surface area contributed by atoms with Crippen molar-refractivity contribution in [3.05, 3.63) is 47.4 Å². The molecule has 0 spiro atoms. The average molecular weight is 318 g/mol. The molecule has 2 aromatic rings. The number of amides is 1. The molecule has 0 bridgehead atoms. The number of hydrogen-bond acceptors (Lipinski definition) is 5. The predicted octanol–water partition coefficient (Wildman–Crippen LogP) is 1.56. The highest BCUT2D eigenvalue weighted by Gasteiger charge is 2.19. The fourth-order valence-electron chi connectivity index (χ4n) is 2.47. The van der Waals surface area contributed by atoms with Crippen LogP contribution in [0.3, 0.4) is 0 Å². The van der Waals surface area contributed by atoms with E-state index in [-0.39, 0.29) is 5.69 Å². The van der Waals surface area contributed by atoms with Gasteiger partial charge >= 0.3 is 0 Å². The van der Waals surface area contributed by atoms with Gasteiger partial charge in [-0.05, 0) is 24.3 Å². The third kappa shape index (κ3) is 3.12. The molecule has 0 saturated carbocycles. The normalized spacial score (nSPS) is 15.0. The molecule has 3 rings (SSSR count). The van der Waals surface area contributed by atoms with E-state index >= 15 is 0 Å². The van der Waals surface area contributed by atoms with Crippen LogP contribution in [0.1, 0.15) is 10.5 Å². The van der Waals surface area contributed by atoms with Gasteiger partial charge in [0.15, 0.2) is 0 Å². The Morgan fingerprint density at radius 2 is 1.68 bits per heavy atom. The first-order chi connectivity index (χ1) is 10.6. The summed E-state index contributed by atoms with van der Waals surface area (Å²) in [5.74, 6) is 0.126. The lowest BCUT2D eigenvalue weighted by Gasteiger charge is -2.36. The van der Waals surface area contributed by atoms with Gasteiger partial charge in [-0.2, -0.15) is 0 Å². The van der Waals surface area contributed by atoms with Crippen molar-refractivity contribution in [2.24, 2.45) is 5.73 Å². The number of piperazine rings is 1. The van der Waals surface area contributed by atoms with Crippen molar-refractivity contribution in [3.63, 3.8) is 0 Å². The fourth-order valence-corrected chi connectivity index (χ4v) is 2.60. The first kappa shape index (κ1) is 14.6. The summed E-state index contributed by atoms with van der Waals surface area (Å²) in [6.07, 6.45) is 3.04. The van der Waals surface area contributed by atoms with E-state index in [9.17, 15) is 4.79 Å². The monoisotopic (exact) mass is 317 g/mol. The maximum absolute atomic E-state index is 11.2. The number of halogens is 1. The number of aromatic nitrogens is 2. The number of primary amides is 1. The minimum atomic E-state index is -0.561. The van der Waals surface area contributed by atoms with E-state index in [1.165, 1.54) is 6.20 Å². The van der Waals surface area contributed by atoms with Crippen LogP contribution in [-0.2, 0) is 0 Å². The third-order valence-electron chi connectivity index (χ3n) is 3.67. The number of anilines is 2. The number of hydrogen-bond donors (Lipinski definition) is 1. The Hall–Kier alpha value is -2.34. The van der Waals surface area contributed by atoms with Crippen LogP contribution in [0.5, 0.6) is 0 Å². The van der Waals surface area contributed by atoms with Crippen LogP contribution in [0, 0.1) is 0 Å². The van der Waals surface area contributed by atoms with Gasteiger partial charge in [-0.1, -0.05) is 11.6 Å². The van der Waals surface area contributed by atoms with E-state index in [4.69, 9.17) is 17.3 Å². The number of carbonyl (C=O) groups is 1. The first-order valence-electron chi connectivity index (χ1n) is 7.01. The summed E-state index contributed by atoms with van der Waals surface area (Å²) in [7, 11) is 0. The smallest absolute Gasteiger partial charge is 0.268 e. The minimum Gasteiger partial charge on any atom is -0.368 e. The Morgan fingerprint density at radius 3 is 2.32 bits per heavy atom. The summed E-state index contributed by atoms with van der Waals surface area (Å²) >= 11 is 5.91. The third-order valence-corrected chi connectivity index (χ3v) is 3.92. The van der Waals surface area contributed by atoms with E-state index in [1.54, 1.807) is 6.20 Å². The van der Waals surface area contributed by atoms with Crippen molar-refractivity contribution in [1.82, 2.24) is 9.97 Å². The molecular formula is C15H16ClN5O. The molecule has 1 aliphatic heterocycles. The Bertz CT molecular complexity index is 668. The highest BCUT2D eigenvalue weighted by Crippen LogP contribution is 2.21. The van der Waals surface area contributed by atoms with E-state index in [0.717, 1.165) is 36.9 Å². The summed E-state index contributed by atoms with van der Waals surface area (Å²) in [6, 6.07) is 7.83. The number of rotatable bonds is 3. The fraction of sp³-hybridized carbons (Fsp3) is 0.267. The molecule has 1 amide bonds. The molecular weight excluding hydrogens is 302 g/mol. The quantitative estimate of drug-likeness (QED) is 0.929. The zero-order chi connectivity index (χ0) is 15.5. The van der Waals surface area contributed by atoms with Crippen molar-refractivity contribution in [3.8, 4) is 0 Å². The molecule has 1 fully saturated rings. The first-order valence-corrected chi connectivity index (χ1v) is 7.38. The Labute approximate surface area is 133 Å². The SMILES string of the molecule is NC(=O)c1cncc(N2CCN(c3ccc(Cl)cc3)CC2)n1. The molecule has 6 nitrogen and oxygen atoms in total. The zero-order valence-electron chi connectivity index (χ0n) is 11.9. The summed E-state index contributed by atoms with van der Waals surface area (Å²) < 4.78 is 0. The van der Waals surface area contributed by atoms with Gasteiger partial charge in [0.25, 0.3) is 5.91 Å². The van der Waals surface area contributed by atoms with E-state index in [1.807, 2.05) is 24.3 Å². The van der Waals surface area contributed by atoms with Crippen LogP contribution in [0.2, 0.25) is 5.02 Å². The Morgan fingerprint density at radius 1 is 1.05 bits per heavy atom. The van der Waals surface area contributed by atoms with Crippen molar-refractivity contribution >= 4 is 29.0 Å². The van der Waals surface area contributed by atoms with Crippen LogP contribution in [0.4, 0.5) is 11.5 Å². The summed E-state index contributed by atoms with van der Waals surface area (Å²) in [6.45, 7) is 3.34. The second kappa shape index (κ2) is 6.19. The molecule has 7 heteroatoms. The lowest BCUT2D eigenvalue weighted by molar-refractivity contribution is 0.0995. The van der Waals surface area contributed by atoms with Crippen molar-refractivity contribution < 1.29 is 4.79 Å². The van der Waals surface area contributed by atoms with Crippen LogP contribution in [0.25, 0.3) is 0 Å². The lowest BCUT2D eigenvalue weighted by Crippen LogP contribution is -2.47. The molecule has 0 unspecified atom stereocenters. The molecule has 2 heterocycles. The minimum absolute atomic E-state index is 0.192. The molecule has 0 atom stereocenters. The van der Waals surface area contributed by atoms with Crippen LogP contribution >= 0.6 is 11.6 Å². The van der Waals surface area contributed by atoms with E-state index in [0.29, 0.717) is 5.82 Å². The predicted molar refractivity (Wildman–Crippen MR) is 86.4 cm³/mol. The lowest BCUT2D eigenvalue weighted by atomic mass is 10.2. The van der Waals surface area contributed by atoms with Gasteiger partial charge in [0, 0.05) is 36.9 Å². The number of nitrogens with zero attached hydrogens (tertiary/aromatic N) is 4. The molecule has 1 saturated heterocycles. The summed E-state index contributed by atoms with van der Waals surface area (Å²) in [5, 5.41) is 0.737. The highest BCUT2D eigenvalue weighted by molar-refractivity contribution is 6.30. The van der Waals surface area contributed by atoms with Crippen LogP contribution in [-0.4, -0.2) is 42.1 Å². The molecule has 1 aromatic heterocycles. The van der Waals surface area contributed by atoms with Crippen LogP contribution < -0.4 is 15.5 Å². The molecule has 1 aromatic carbocycles. The molecule has 1 aliphatic rings. The van der Waals surface area contributed by atoms with Gasteiger partial charge in [-0.15, -0.1) is 0 Å². The molecule has 0 radical (unpaired) electrons. The standard InChI is InChI=1S/C15H16ClN5O/c16-11-1-3-12(4-2-11)20-5-7-21(8-6-20)14-10-18-9-13(19-14)15(17)22/h1-4,9-10H,5-8H2,(H2,17,22). The van der Waals surface area contributed by atoms with E-state index in [2.05, 4.69) is 19.8 Å². The van der Waals surface area contributed by atoms with Gasteiger partial charge in [0.1, 0.15) is 11.5 Å². The Balaban J connectivity index is 1.67. The maximum atomic E-state index is 11.2. The summed E-state index contributed by atoms with van der Waals surface area (Å²) in [4.78, 5) is 23.9. The average Bonchev–Trinajstić information content (AvgIpc) is 2.56. The van der Waals surface area contributed by atoms with Gasteiger partial charge in [-0.25, -0.2) is 4.98 Å². The van der Waals surface area contributed by atoms with Crippen molar-refractivity contribution in [2.45, 2.75) is 0 Å². The topological polar surface area (TPSA) is 75.4 Å². The summed E-state index contributed by atoms with van der Waals surface area (Å²) in [5.41, 5.74) is 6.59.